The maximum atomic E-state index is 13.3. The van der Waals surface area contributed by atoms with E-state index >= 15 is 0 Å². The molecule has 0 saturated carbocycles. The number of likely N-dealkylation sites (tertiary alicyclic amines) is 1. The summed E-state index contributed by atoms with van der Waals surface area (Å²) in [6.45, 7) is 11.2. The minimum absolute atomic E-state index is 0.0381. The molecule has 2 aromatic rings. The van der Waals surface area contributed by atoms with Crippen LogP contribution in [-0.4, -0.2) is 57.4 Å². The van der Waals surface area contributed by atoms with Gasteiger partial charge in [0.2, 0.25) is 17.7 Å². The maximum Gasteiger partial charge on any atom is 0.246 e. The van der Waals surface area contributed by atoms with Crippen LogP contribution in [0.1, 0.15) is 38.4 Å². The monoisotopic (exact) mass is 484 g/mol. The first-order valence-electron chi connectivity index (χ1n) is 11.2. The number of hydrogen-bond donors (Lipinski definition) is 3. The fraction of sp³-hybridized carbons (Fsp3) is 0.440. The zero-order valence-corrected chi connectivity index (χ0v) is 20.8. The second-order valence-corrected chi connectivity index (χ2v) is 10.4. The van der Waals surface area contributed by atoms with Crippen LogP contribution in [0.25, 0.3) is 10.4 Å². The lowest BCUT2D eigenvalue weighted by Gasteiger charge is -2.35. The van der Waals surface area contributed by atoms with Crippen LogP contribution >= 0.6 is 11.3 Å². The summed E-state index contributed by atoms with van der Waals surface area (Å²) in [5.74, 6) is -1.20. The van der Waals surface area contributed by atoms with Crippen molar-refractivity contribution < 1.29 is 19.5 Å². The van der Waals surface area contributed by atoms with E-state index in [9.17, 15) is 19.5 Å². The van der Waals surface area contributed by atoms with Crippen molar-refractivity contribution in [2.24, 2.45) is 5.41 Å². The van der Waals surface area contributed by atoms with Gasteiger partial charge in [-0.05, 0) is 29.5 Å². The predicted molar refractivity (Wildman–Crippen MR) is 132 cm³/mol. The van der Waals surface area contributed by atoms with Crippen LogP contribution in [0, 0.1) is 12.3 Å². The molecule has 3 atom stereocenters. The largest absolute Gasteiger partial charge is 0.391 e. The Morgan fingerprint density at radius 1 is 1.29 bits per heavy atom. The Morgan fingerprint density at radius 2 is 1.97 bits per heavy atom. The third kappa shape index (κ3) is 5.90. The van der Waals surface area contributed by atoms with Gasteiger partial charge in [0.25, 0.3) is 0 Å². The molecule has 0 bridgehead atoms. The number of amides is 3. The molecule has 1 aliphatic heterocycles. The number of aliphatic hydroxyl groups excluding tert-OH is 1. The van der Waals surface area contributed by atoms with Gasteiger partial charge in [0.15, 0.2) is 0 Å². The Balaban J connectivity index is 1.68. The van der Waals surface area contributed by atoms with Gasteiger partial charge in [-0.15, -0.1) is 11.3 Å². The van der Waals surface area contributed by atoms with Gasteiger partial charge < -0.3 is 20.6 Å². The number of carbonyl (C=O) groups is 3. The fourth-order valence-electron chi connectivity index (χ4n) is 3.98. The maximum absolute atomic E-state index is 13.3. The number of aromatic nitrogens is 1. The number of nitrogens with one attached hydrogen (secondary N) is 2. The highest BCUT2D eigenvalue weighted by atomic mass is 32.1. The molecule has 34 heavy (non-hydrogen) atoms. The van der Waals surface area contributed by atoms with E-state index in [2.05, 4.69) is 22.2 Å². The van der Waals surface area contributed by atoms with Crippen molar-refractivity contribution in [1.29, 1.82) is 0 Å². The standard InChI is InChI=1S/C25H32N4O4S/c1-6-20(31)28-22(25(3,4)5)24(33)29-13-18(30)11-19(29)23(32)26-12-16-7-9-17(10-8-16)21-15(2)27-14-34-21/h6-10,14,18-19,22,30H,1,11-13H2,2-5H3,(H,26,32)(H,28,31). The molecule has 0 radical (unpaired) electrons. The molecule has 1 saturated heterocycles. The quantitative estimate of drug-likeness (QED) is 0.523. The molecule has 3 N–H and O–H groups in total. The molecule has 1 aliphatic rings. The highest BCUT2D eigenvalue weighted by Gasteiger charge is 2.44. The third-order valence-electron chi connectivity index (χ3n) is 5.88. The lowest BCUT2D eigenvalue weighted by atomic mass is 9.85. The summed E-state index contributed by atoms with van der Waals surface area (Å²) >= 11 is 1.58. The van der Waals surface area contributed by atoms with Crippen LogP contribution in [0.4, 0.5) is 0 Å². The molecule has 9 heteroatoms. The summed E-state index contributed by atoms with van der Waals surface area (Å²) in [5, 5.41) is 15.8. The second-order valence-electron chi connectivity index (χ2n) is 9.59. The summed E-state index contributed by atoms with van der Waals surface area (Å²) in [6.07, 6.45) is 0.446. The summed E-state index contributed by atoms with van der Waals surface area (Å²) < 4.78 is 0. The van der Waals surface area contributed by atoms with E-state index in [-0.39, 0.29) is 18.9 Å². The molecule has 0 spiro atoms. The van der Waals surface area contributed by atoms with E-state index in [0.717, 1.165) is 27.8 Å². The number of nitrogens with zero attached hydrogens (tertiary/aromatic N) is 2. The number of thiazole rings is 1. The molecule has 1 aromatic carbocycles. The van der Waals surface area contributed by atoms with Crippen molar-refractivity contribution in [2.45, 2.75) is 58.8 Å². The molecule has 182 valence electrons. The normalized spacial score (nSPS) is 18.9. The van der Waals surface area contributed by atoms with Crippen molar-refractivity contribution in [3.63, 3.8) is 0 Å². The fourth-order valence-corrected chi connectivity index (χ4v) is 4.79. The molecule has 0 aliphatic carbocycles. The third-order valence-corrected chi connectivity index (χ3v) is 6.86. The van der Waals surface area contributed by atoms with Gasteiger partial charge in [0.1, 0.15) is 12.1 Å². The number of β-amino-alcohol motifs (C(OH)–C–C–N with tert-alkyl or cyclic N) is 1. The Morgan fingerprint density at radius 3 is 2.53 bits per heavy atom. The number of hydrogen-bond acceptors (Lipinski definition) is 6. The molecule has 8 nitrogen and oxygen atoms in total. The molecule has 3 amide bonds. The highest BCUT2D eigenvalue weighted by molar-refractivity contribution is 7.13. The zero-order valence-electron chi connectivity index (χ0n) is 20.0. The number of carbonyl (C=O) groups excluding carboxylic acids is 3. The van der Waals surface area contributed by atoms with Gasteiger partial charge in [0.05, 0.1) is 22.2 Å². The van der Waals surface area contributed by atoms with E-state index in [1.54, 1.807) is 11.3 Å². The Hall–Kier alpha value is -3.04. The molecule has 3 unspecified atom stereocenters. The van der Waals surface area contributed by atoms with Crippen molar-refractivity contribution in [3.05, 3.63) is 53.7 Å². The topological polar surface area (TPSA) is 112 Å². The zero-order chi connectivity index (χ0) is 25.0. The smallest absolute Gasteiger partial charge is 0.246 e. The number of aryl methyl sites for hydroxylation is 1. The van der Waals surface area contributed by atoms with Crippen molar-refractivity contribution in [2.75, 3.05) is 6.54 Å². The Bertz CT molecular complexity index is 1060. The van der Waals surface area contributed by atoms with E-state index < -0.39 is 35.4 Å². The summed E-state index contributed by atoms with van der Waals surface area (Å²) in [5.41, 5.74) is 4.19. The molecule has 1 fully saturated rings. The van der Waals surface area contributed by atoms with Gasteiger partial charge in [0, 0.05) is 19.5 Å². The lowest BCUT2D eigenvalue weighted by Crippen LogP contribution is -2.57. The first kappa shape index (κ1) is 25.6. The number of benzene rings is 1. The lowest BCUT2D eigenvalue weighted by molar-refractivity contribution is -0.143. The Labute approximate surface area is 204 Å². The van der Waals surface area contributed by atoms with Crippen molar-refractivity contribution in [3.8, 4) is 10.4 Å². The summed E-state index contributed by atoms with van der Waals surface area (Å²) in [6, 6.07) is 6.21. The van der Waals surface area contributed by atoms with Gasteiger partial charge in [-0.25, -0.2) is 4.98 Å². The minimum Gasteiger partial charge on any atom is -0.391 e. The van der Waals surface area contributed by atoms with E-state index in [0.29, 0.717) is 6.54 Å². The van der Waals surface area contributed by atoms with Crippen LogP contribution in [-0.2, 0) is 20.9 Å². The molecule has 2 heterocycles. The van der Waals surface area contributed by atoms with E-state index in [4.69, 9.17) is 0 Å². The van der Waals surface area contributed by atoms with Crippen molar-refractivity contribution >= 4 is 29.1 Å². The molecule has 1 aromatic heterocycles. The predicted octanol–water partition coefficient (Wildman–Crippen LogP) is 2.41. The van der Waals surface area contributed by atoms with Crippen LogP contribution < -0.4 is 10.6 Å². The molecular formula is C25H32N4O4S. The first-order chi connectivity index (χ1) is 16.0. The first-order valence-corrected chi connectivity index (χ1v) is 12.1. The average molecular weight is 485 g/mol. The van der Waals surface area contributed by atoms with Gasteiger partial charge >= 0.3 is 0 Å². The van der Waals surface area contributed by atoms with Crippen LogP contribution in [0.5, 0.6) is 0 Å². The molecular weight excluding hydrogens is 452 g/mol. The molecule has 3 rings (SSSR count). The van der Waals surface area contributed by atoms with Gasteiger partial charge in [-0.1, -0.05) is 51.6 Å². The second kappa shape index (κ2) is 10.5. The SMILES string of the molecule is C=CC(=O)NC(C(=O)N1CC(O)CC1C(=O)NCc1ccc(-c2scnc2C)cc1)C(C)(C)C. The highest BCUT2D eigenvalue weighted by Crippen LogP contribution is 2.28. The minimum atomic E-state index is -0.860. The van der Waals surface area contributed by atoms with Crippen LogP contribution in [0.2, 0.25) is 0 Å². The number of rotatable bonds is 7. The van der Waals surface area contributed by atoms with E-state index in [1.165, 1.54) is 4.90 Å². The number of aliphatic hydroxyl groups is 1. The van der Waals surface area contributed by atoms with Gasteiger partial charge in [-0.2, -0.15) is 0 Å². The van der Waals surface area contributed by atoms with Crippen LogP contribution in [0.15, 0.2) is 42.4 Å². The van der Waals surface area contributed by atoms with E-state index in [1.807, 2.05) is 57.5 Å². The Kier molecular flexibility index (Phi) is 7.89. The van der Waals surface area contributed by atoms with Crippen molar-refractivity contribution in [1.82, 2.24) is 20.5 Å². The summed E-state index contributed by atoms with van der Waals surface area (Å²) in [4.78, 5) is 45.0. The van der Waals surface area contributed by atoms with Gasteiger partial charge in [-0.3, -0.25) is 14.4 Å². The average Bonchev–Trinajstić information content (AvgIpc) is 3.40. The van der Waals surface area contributed by atoms with Crippen LogP contribution in [0.3, 0.4) is 0 Å². The summed E-state index contributed by atoms with van der Waals surface area (Å²) in [7, 11) is 0.